The van der Waals surface area contributed by atoms with Gasteiger partial charge in [-0.3, -0.25) is 0 Å². The molecule has 0 aromatic rings. The summed E-state index contributed by atoms with van der Waals surface area (Å²) in [7, 11) is 0. The quantitative estimate of drug-likeness (QED) is 0.712. The van der Waals surface area contributed by atoms with E-state index in [-0.39, 0.29) is 31.2 Å². The Morgan fingerprint density at radius 2 is 1.92 bits per heavy atom. The van der Waals surface area contributed by atoms with Crippen molar-refractivity contribution in [3.8, 4) is 0 Å². The average Bonchev–Trinajstić information content (AvgIpc) is 1.83. The second-order valence-corrected chi connectivity index (χ2v) is 4.47. The highest BCUT2D eigenvalue weighted by molar-refractivity contribution is 5.85. The standard InChI is InChI=1S/C9H17F2N.ClH/c1-8(2,12)7-4-3-5-9(10,11)6-7;/h7H,3-6,12H2,1-2H3;1H. The van der Waals surface area contributed by atoms with Gasteiger partial charge in [-0.25, -0.2) is 8.78 Å². The molecule has 0 spiro atoms. The highest BCUT2D eigenvalue weighted by Gasteiger charge is 2.40. The van der Waals surface area contributed by atoms with Crippen LogP contribution in [0.4, 0.5) is 8.78 Å². The van der Waals surface area contributed by atoms with Crippen molar-refractivity contribution in [2.45, 2.75) is 51.0 Å². The maximum Gasteiger partial charge on any atom is 0.248 e. The lowest BCUT2D eigenvalue weighted by Crippen LogP contribution is -2.45. The number of halogens is 3. The summed E-state index contributed by atoms with van der Waals surface area (Å²) in [5, 5.41) is 0. The maximum absolute atomic E-state index is 12.9. The molecule has 0 aromatic carbocycles. The second kappa shape index (κ2) is 4.09. The van der Waals surface area contributed by atoms with Gasteiger partial charge in [0.25, 0.3) is 0 Å². The molecule has 1 unspecified atom stereocenters. The molecule has 0 saturated heterocycles. The number of rotatable bonds is 1. The summed E-state index contributed by atoms with van der Waals surface area (Å²) in [5.41, 5.74) is 5.34. The van der Waals surface area contributed by atoms with Gasteiger partial charge in [-0.1, -0.05) is 0 Å². The van der Waals surface area contributed by atoms with E-state index in [9.17, 15) is 8.78 Å². The van der Waals surface area contributed by atoms with E-state index in [1.807, 2.05) is 13.8 Å². The Balaban J connectivity index is 0.00000144. The Morgan fingerprint density at radius 1 is 1.38 bits per heavy atom. The molecule has 1 aliphatic carbocycles. The summed E-state index contributed by atoms with van der Waals surface area (Å²) in [6.07, 6.45) is 1.47. The summed E-state index contributed by atoms with van der Waals surface area (Å²) in [6.45, 7) is 3.66. The van der Waals surface area contributed by atoms with E-state index >= 15 is 0 Å². The SMILES string of the molecule is CC(C)(N)C1CCCC(F)(F)C1.Cl. The molecule has 0 aromatic heterocycles. The van der Waals surface area contributed by atoms with Gasteiger partial charge < -0.3 is 5.73 Å². The average molecular weight is 214 g/mol. The zero-order chi connectivity index (χ0) is 9.41. The van der Waals surface area contributed by atoms with Crippen LogP contribution in [0.5, 0.6) is 0 Å². The van der Waals surface area contributed by atoms with Crippen molar-refractivity contribution in [3.63, 3.8) is 0 Å². The van der Waals surface area contributed by atoms with Gasteiger partial charge in [0.2, 0.25) is 5.92 Å². The summed E-state index contributed by atoms with van der Waals surface area (Å²) in [4.78, 5) is 0. The first kappa shape index (κ1) is 13.1. The molecule has 0 radical (unpaired) electrons. The lowest BCUT2D eigenvalue weighted by atomic mass is 9.76. The van der Waals surface area contributed by atoms with Gasteiger partial charge in [-0.2, -0.15) is 0 Å². The Morgan fingerprint density at radius 3 is 2.23 bits per heavy atom. The van der Waals surface area contributed by atoms with Gasteiger partial charge in [0.1, 0.15) is 0 Å². The fourth-order valence-corrected chi connectivity index (χ4v) is 1.81. The molecule has 1 aliphatic rings. The van der Waals surface area contributed by atoms with Gasteiger partial charge in [-0.15, -0.1) is 12.4 Å². The summed E-state index contributed by atoms with van der Waals surface area (Å²) >= 11 is 0. The van der Waals surface area contributed by atoms with Gasteiger partial charge in [-0.05, 0) is 32.6 Å². The van der Waals surface area contributed by atoms with E-state index in [2.05, 4.69) is 0 Å². The van der Waals surface area contributed by atoms with E-state index in [0.29, 0.717) is 6.42 Å². The first-order chi connectivity index (χ1) is 5.31. The van der Waals surface area contributed by atoms with Crippen molar-refractivity contribution in [2.75, 3.05) is 0 Å². The van der Waals surface area contributed by atoms with Crippen LogP contribution in [0, 0.1) is 5.92 Å². The topological polar surface area (TPSA) is 26.0 Å². The molecular formula is C9H18ClF2N. The van der Waals surface area contributed by atoms with Crippen molar-refractivity contribution < 1.29 is 8.78 Å². The number of hydrogen-bond acceptors (Lipinski definition) is 1. The molecule has 0 aliphatic heterocycles. The third-order valence-electron chi connectivity index (χ3n) is 2.69. The Kier molecular flexibility index (Phi) is 4.13. The molecule has 1 atom stereocenters. The Bertz CT molecular complexity index is 162. The van der Waals surface area contributed by atoms with Crippen LogP contribution in [0.1, 0.15) is 39.5 Å². The molecular weight excluding hydrogens is 196 g/mol. The van der Waals surface area contributed by atoms with Gasteiger partial charge in [0, 0.05) is 18.4 Å². The van der Waals surface area contributed by atoms with Crippen molar-refractivity contribution in [1.29, 1.82) is 0 Å². The maximum atomic E-state index is 12.9. The molecule has 4 heteroatoms. The fourth-order valence-electron chi connectivity index (χ4n) is 1.81. The first-order valence-corrected chi connectivity index (χ1v) is 4.48. The lowest BCUT2D eigenvalue weighted by molar-refractivity contribution is -0.0625. The number of nitrogens with two attached hydrogens (primary N) is 1. The highest BCUT2D eigenvalue weighted by Crippen LogP contribution is 2.40. The van der Waals surface area contributed by atoms with Crippen molar-refractivity contribution in [2.24, 2.45) is 11.7 Å². The normalized spacial score (nSPS) is 27.9. The lowest BCUT2D eigenvalue weighted by Gasteiger charge is -2.37. The van der Waals surface area contributed by atoms with Crippen molar-refractivity contribution >= 4 is 12.4 Å². The molecule has 0 amide bonds. The molecule has 13 heavy (non-hydrogen) atoms. The minimum Gasteiger partial charge on any atom is -0.325 e. The van der Waals surface area contributed by atoms with Crippen LogP contribution in [-0.4, -0.2) is 11.5 Å². The van der Waals surface area contributed by atoms with Gasteiger partial charge in [0.15, 0.2) is 0 Å². The summed E-state index contributed by atoms with van der Waals surface area (Å²) in [5.74, 6) is -2.50. The Hall–Kier alpha value is 0.110. The minimum atomic E-state index is -2.47. The molecule has 1 nitrogen and oxygen atoms in total. The predicted octanol–water partition coefficient (Wildman–Crippen LogP) is 2.97. The third kappa shape index (κ3) is 3.77. The molecule has 2 N–H and O–H groups in total. The minimum absolute atomic E-state index is 0. The van der Waals surface area contributed by atoms with Crippen molar-refractivity contribution in [3.05, 3.63) is 0 Å². The summed E-state index contributed by atoms with van der Waals surface area (Å²) in [6, 6.07) is 0. The first-order valence-electron chi connectivity index (χ1n) is 4.48. The van der Waals surface area contributed by atoms with Gasteiger partial charge >= 0.3 is 0 Å². The molecule has 1 rings (SSSR count). The van der Waals surface area contributed by atoms with Crippen LogP contribution in [0.25, 0.3) is 0 Å². The van der Waals surface area contributed by atoms with Crippen LogP contribution in [-0.2, 0) is 0 Å². The molecule has 1 fully saturated rings. The van der Waals surface area contributed by atoms with Crippen LogP contribution >= 0.6 is 12.4 Å². The highest BCUT2D eigenvalue weighted by atomic mass is 35.5. The smallest absolute Gasteiger partial charge is 0.248 e. The van der Waals surface area contributed by atoms with E-state index in [0.717, 1.165) is 6.42 Å². The second-order valence-electron chi connectivity index (χ2n) is 4.47. The largest absolute Gasteiger partial charge is 0.325 e. The zero-order valence-electron chi connectivity index (χ0n) is 8.15. The molecule has 1 saturated carbocycles. The van der Waals surface area contributed by atoms with Crippen LogP contribution < -0.4 is 5.73 Å². The monoisotopic (exact) mass is 213 g/mol. The van der Waals surface area contributed by atoms with E-state index in [4.69, 9.17) is 5.73 Å². The van der Waals surface area contributed by atoms with E-state index < -0.39 is 11.5 Å². The zero-order valence-corrected chi connectivity index (χ0v) is 8.96. The molecule has 0 heterocycles. The van der Waals surface area contributed by atoms with E-state index in [1.165, 1.54) is 0 Å². The van der Waals surface area contributed by atoms with Crippen LogP contribution in [0.15, 0.2) is 0 Å². The summed E-state index contributed by atoms with van der Waals surface area (Å²) < 4.78 is 25.9. The number of hydrogen-bond donors (Lipinski definition) is 1. The fraction of sp³-hybridized carbons (Fsp3) is 1.00. The van der Waals surface area contributed by atoms with Gasteiger partial charge in [0.05, 0.1) is 0 Å². The molecule has 80 valence electrons. The Labute approximate surface area is 84.5 Å². The molecule has 0 bridgehead atoms. The third-order valence-corrected chi connectivity index (χ3v) is 2.69. The van der Waals surface area contributed by atoms with Crippen LogP contribution in [0.2, 0.25) is 0 Å². The number of alkyl halides is 2. The van der Waals surface area contributed by atoms with Crippen LogP contribution in [0.3, 0.4) is 0 Å². The predicted molar refractivity (Wildman–Crippen MR) is 52.4 cm³/mol. The van der Waals surface area contributed by atoms with E-state index in [1.54, 1.807) is 0 Å². The van der Waals surface area contributed by atoms with Crippen molar-refractivity contribution in [1.82, 2.24) is 0 Å².